The fraction of sp³-hybridized carbons (Fsp3) is 0.312. The first-order chi connectivity index (χ1) is 21.2. The van der Waals surface area contributed by atoms with Gasteiger partial charge in [0, 0.05) is 35.0 Å². The minimum Gasteiger partial charge on any atom is -0.406 e. The van der Waals surface area contributed by atoms with E-state index in [0.717, 1.165) is 47.0 Å². The third-order valence-electron chi connectivity index (χ3n) is 7.77. The van der Waals surface area contributed by atoms with Gasteiger partial charge >= 0.3 is 12.4 Å². The Morgan fingerprint density at radius 3 is 2.57 bits per heavy atom. The van der Waals surface area contributed by atoms with Gasteiger partial charge in [-0.15, -0.1) is 18.3 Å². The van der Waals surface area contributed by atoms with E-state index >= 15 is 0 Å². The number of alkyl halides is 3. The first kappa shape index (κ1) is 29.7. The molecule has 1 aliphatic carbocycles. The Hall–Kier alpha value is -4.32. The van der Waals surface area contributed by atoms with Gasteiger partial charge in [0.2, 0.25) is 0 Å². The van der Waals surface area contributed by atoms with Gasteiger partial charge in [0.15, 0.2) is 11.0 Å². The van der Waals surface area contributed by atoms with Crippen molar-refractivity contribution in [2.45, 2.75) is 57.5 Å². The number of urea groups is 1. The van der Waals surface area contributed by atoms with Crippen LogP contribution in [-0.4, -0.2) is 50.2 Å². The van der Waals surface area contributed by atoms with Gasteiger partial charge in [-0.05, 0) is 67.6 Å². The van der Waals surface area contributed by atoms with Crippen molar-refractivity contribution in [2.24, 2.45) is 4.99 Å². The molecule has 4 aromatic rings. The number of thioether (sulfide) groups is 1. The third kappa shape index (κ3) is 6.75. The molecule has 0 radical (unpaired) electrons. The second-order valence-electron chi connectivity index (χ2n) is 10.8. The van der Waals surface area contributed by atoms with Gasteiger partial charge in [0.25, 0.3) is 0 Å². The van der Waals surface area contributed by atoms with Crippen molar-refractivity contribution >= 4 is 28.6 Å². The predicted molar refractivity (Wildman–Crippen MR) is 165 cm³/mol. The molecule has 1 saturated heterocycles. The van der Waals surface area contributed by atoms with Gasteiger partial charge < -0.3 is 15.0 Å². The number of benzene rings is 3. The highest BCUT2D eigenvalue weighted by molar-refractivity contribution is 8.14. The summed E-state index contributed by atoms with van der Waals surface area (Å²) >= 11 is 1.62. The summed E-state index contributed by atoms with van der Waals surface area (Å²) in [4.78, 5) is 24.1. The first-order valence-corrected chi connectivity index (χ1v) is 15.4. The average molecular weight is 621 g/mol. The van der Waals surface area contributed by atoms with Crippen LogP contribution in [0.4, 0.5) is 23.7 Å². The number of amides is 2. The number of aryl methyl sites for hydroxylation is 1. The number of ether oxygens (including phenoxy) is 1. The average Bonchev–Trinajstić information content (AvgIpc) is 3.58. The molecule has 2 heterocycles. The number of halogens is 3. The van der Waals surface area contributed by atoms with Crippen molar-refractivity contribution in [1.82, 2.24) is 20.1 Å². The maximum Gasteiger partial charge on any atom is 0.573 e. The number of carbonyl (C=O) groups is 1. The van der Waals surface area contributed by atoms with Crippen LogP contribution in [0.2, 0.25) is 0 Å². The summed E-state index contributed by atoms with van der Waals surface area (Å²) < 4.78 is 42.7. The van der Waals surface area contributed by atoms with Crippen molar-refractivity contribution in [3.8, 4) is 22.8 Å². The number of rotatable bonds is 7. The summed E-state index contributed by atoms with van der Waals surface area (Å²) in [6, 6.07) is 21.5. The number of amidine groups is 1. The van der Waals surface area contributed by atoms with Crippen LogP contribution in [0.3, 0.4) is 0 Å². The number of nitrogens with one attached hydrogen (secondary N) is 1. The SMILES string of the molecule is CCc1ccccc1N1C(=NC(=O)NC2CC2c2ccc(-c3ncn(-c4ccc(OC(F)(F)F)cc4)n3)cc2)SCCC1C. The van der Waals surface area contributed by atoms with E-state index in [1.165, 1.54) is 40.8 Å². The van der Waals surface area contributed by atoms with Crippen molar-refractivity contribution in [2.75, 3.05) is 10.7 Å². The Balaban J connectivity index is 1.08. The summed E-state index contributed by atoms with van der Waals surface area (Å²) in [5.41, 5.74) is 4.79. The lowest BCUT2D eigenvalue weighted by molar-refractivity contribution is -0.274. The molecule has 3 unspecified atom stereocenters. The van der Waals surface area contributed by atoms with Crippen LogP contribution in [0.15, 0.2) is 84.1 Å². The number of aliphatic imine (C=N–C) groups is 1. The molecule has 2 fully saturated rings. The maximum atomic E-state index is 13.0. The molecule has 3 aromatic carbocycles. The largest absolute Gasteiger partial charge is 0.573 e. The molecule has 1 aromatic heterocycles. The zero-order chi connectivity index (χ0) is 30.8. The Labute approximate surface area is 257 Å². The molecule has 6 rings (SSSR count). The Bertz CT molecular complexity index is 1660. The number of hydrogen-bond acceptors (Lipinski definition) is 5. The smallest absolute Gasteiger partial charge is 0.406 e. The van der Waals surface area contributed by atoms with Crippen molar-refractivity contribution in [3.63, 3.8) is 0 Å². The standard InChI is InChI=1S/C32H31F3N6O2S/c1-3-21-6-4-5-7-28(21)41-20(2)16-17-44-31(41)38-30(42)37-27-18-26(27)22-8-10-23(11-9-22)29-36-19-40(39-29)24-12-14-25(15-13-24)43-32(33,34)35/h4-15,19-20,26-27H,3,16-18H2,1-2H3,(H,37,42). The molecule has 2 aliphatic rings. The third-order valence-corrected chi connectivity index (χ3v) is 8.75. The van der Waals surface area contributed by atoms with E-state index in [2.05, 4.69) is 56.0 Å². The highest BCUT2D eigenvalue weighted by Gasteiger charge is 2.40. The second-order valence-corrected chi connectivity index (χ2v) is 11.9. The van der Waals surface area contributed by atoms with E-state index in [9.17, 15) is 18.0 Å². The summed E-state index contributed by atoms with van der Waals surface area (Å²) in [7, 11) is 0. The number of anilines is 1. The van der Waals surface area contributed by atoms with E-state index in [0.29, 0.717) is 11.5 Å². The number of para-hydroxylation sites is 1. The predicted octanol–water partition coefficient (Wildman–Crippen LogP) is 7.35. The topological polar surface area (TPSA) is 84.6 Å². The van der Waals surface area contributed by atoms with Gasteiger partial charge in [-0.2, -0.15) is 4.99 Å². The van der Waals surface area contributed by atoms with Crippen LogP contribution < -0.4 is 15.0 Å². The number of carbonyl (C=O) groups excluding carboxylic acids is 1. The Kier molecular flexibility index (Phi) is 8.35. The summed E-state index contributed by atoms with van der Waals surface area (Å²) in [6.45, 7) is 4.31. The minimum atomic E-state index is -4.75. The number of nitrogens with zero attached hydrogens (tertiary/aromatic N) is 5. The maximum absolute atomic E-state index is 13.0. The van der Waals surface area contributed by atoms with Crippen LogP contribution in [0.5, 0.6) is 5.75 Å². The molecule has 12 heteroatoms. The van der Waals surface area contributed by atoms with Gasteiger partial charge in [0.05, 0.1) is 5.69 Å². The van der Waals surface area contributed by atoms with Gasteiger partial charge in [-0.3, -0.25) is 0 Å². The summed E-state index contributed by atoms with van der Waals surface area (Å²) in [5, 5.41) is 8.28. The molecule has 1 aliphatic heterocycles. The molecule has 8 nitrogen and oxygen atoms in total. The summed E-state index contributed by atoms with van der Waals surface area (Å²) in [5.74, 6) is 1.30. The van der Waals surface area contributed by atoms with Gasteiger partial charge in [-0.25, -0.2) is 14.5 Å². The van der Waals surface area contributed by atoms with E-state index in [1.54, 1.807) is 11.8 Å². The lowest BCUT2D eigenvalue weighted by Crippen LogP contribution is -2.42. The van der Waals surface area contributed by atoms with Crippen LogP contribution in [0, 0.1) is 0 Å². The number of aromatic nitrogens is 3. The van der Waals surface area contributed by atoms with Crippen molar-refractivity contribution in [1.29, 1.82) is 0 Å². The van der Waals surface area contributed by atoms with Crippen LogP contribution in [-0.2, 0) is 6.42 Å². The quantitative estimate of drug-likeness (QED) is 0.233. The van der Waals surface area contributed by atoms with Crippen LogP contribution >= 0.6 is 11.8 Å². The van der Waals surface area contributed by atoms with E-state index < -0.39 is 6.36 Å². The molecule has 0 bridgehead atoms. The molecule has 228 valence electrons. The Morgan fingerprint density at radius 1 is 1.09 bits per heavy atom. The van der Waals surface area contributed by atoms with Crippen molar-refractivity contribution in [3.05, 3.63) is 90.3 Å². The van der Waals surface area contributed by atoms with E-state index in [4.69, 9.17) is 0 Å². The zero-order valence-corrected chi connectivity index (χ0v) is 25.0. The summed E-state index contributed by atoms with van der Waals surface area (Å²) in [6.07, 6.45) is -0.479. The number of hydrogen-bond donors (Lipinski definition) is 1. The lowest BCUT2D eigenvalue weighted by Gasteiger charge is -2.36. The second kappa shape index (κ2) is 12.4. The van der Waals surface area contributed by atoms with E-state index in [-0.39, 0.29) is 29.8 Å². The highest BCUT2D eigenvalue weighted by atomic mass is 32.2. The molecule has 1 saturated carbocycles. The van der Waals surface area contributed by atoms with Crippen LogP contribution in [0.25, 0.3) is 17.1 Å². The first-order valence-electron chi connectivity index (χ1n) is 14.5. The fourth-order valence-electron chi connectivity index (χ4n) is 5.38. The Morgan fingerprint density at radius 2 is 1.84 bits per heavy atom. The van der Waals surface area contributed by atoms with Gasteiger partial charge in [-0.1, -0.05) is 61.2 Å². The molecule has 3 atom stereocenters. The minimum absolute atomic E-state index is 0.0155. The molecule has 0 spiro atoms. The molecular weight excluding hydrogens is 589 g/mol. The zero-order valence-electron chi connectivity index (χ0n) is 24.2. The fourth-order valence-corrected chi connectivity index (χ4v) is 6.59. The van der Waals surface area contributed by atoms with Gasteiger partial charge in [0.1, 0.15) is 12.1 Å². The molecule has 2 amide bonds. The van der Waals surface area contributed by atoms with Crippen molar-refractivity contribution < 1.29 is 22.7 Å². The normalized spacial score (nSPS) is 20.9. The molecule has 44 heavy (non-hydrogen) atoms. The lowest BCUT2D eigenvalue weighted by atomic mass is 10.1. The molecule has 1 N–H and O–H groups in total. The highest BCUT2D eigenvalue weighted by Crippen LogP contribution is 2.41. The monoisotopic (exact) mass is 620 g/mol. The van der Waals surface area contributed by atoms with Crippen LogP contribution in [0.1, 0.15) is 43.7 Å². The van der Waals surface area contributed by atoms with E-state index in [1.807, 2.05) is 36.4 Å². The molecular formula is C32H31F3N6O2S.